The first-order valence-electron chi connectivity index (χ1n) is 5.37. The van der Waals surface area contributed by atoms with Gasteiger partial charge in [-0.25, -0.2) is 4.98 Å². The smallest absolute Gasteiger partial charge is 0.0900 e. The number of aromatic nitrogens is 1. The number of aryl methyl sites for hydroxylation is 2. The van der Waals surface area contributed by atoms with Crippen molar-refractivity contribution in [2.45, 2.75) is 40.3 Å². The van der Waals surface area contributed by atoms with Crippen molar-refractivity contribution in [2.75, 3.05) is 13.2 Å². The SMILES string of the molecule is CCOCC(C)NCc1sc(C)nc1C. The van der Waals surface area contributed by atoms with Gasteiger partial charge in [0.1, 0.15) is 0 Å². The van der Waals surface area contributed by atoms with Crippen LogP contribution >= 0.6 is 11.3 Å². The summed E-state index contributed by atoms with van der Waals surface area (Å²) in [5.74, 6) is 0. The van der Waals surface area contributed by atoms with Gasteiger partial charge >= 0.3 is 0 Å². The minimum Gasteiger partial charge on any atom is -0.380 e. The van der Waals surface area contributed by atoms with Gasteiger partial charge in [0.05, 0.1) is 17.3 Å². The van der Waals surface area contributed by atoms with Crippen LogP contribution in [-0.4, -0.2) is 24.2 Å². The molecule has 0 amide bonds. The highest BCUT2D eigenvalue weighted by molar-refractivity contribution is 7.11. The summed E-state index contributed by atoms with van der Waals surface area (Å²) < 4.78 is 5.34. The van der Waals surface area contributed by atoms with E-state index in [2.05, 4.69) is 24.1 Å². The number of hydrogen-bond acceptors (Lipinski definition) is 4. The lowest BCUT2D eigenvalue weighted by atomic mass is 10.3. The molecule has 0 spiro atoms. The molecule has 0 fully saturated rings. The van der Waals surface area contributed by atoms with Crippen molar-refractivity contribution >= 4 is 11.3 Å². The zero-order valence-corrected chi connectivity index (χ0v) is 10.8. The second-order valence-corrected chi connectivity index (χ2v) is 4.97. The summed E-state index contributed by atoms with van der Waals surface area (Å²) in [5.41, 5.74) is 1.15. The molecule has 1 aromatic heterocycles. The highest BCUT2D eigenvalue weighted by Gasteiger charge is 2.06. The van der Waals surface area contributed by atoms with Crippen LogP contribution in [0.1, 0.15) is 29.4 Å². The van der Waals surface area contributed by atoms with Gasteiger partial charge in [-0.2, -0.15) is 0 Å². The first-order valence-corrected chi connectivity index (χ1v) is 6.19. The van der Waals surface area contributed by atoms with E-state index in [4.69, 9.17) is 4.74 Å². The normalized spacial score (nSPS) is 13.1. The first-order chi connectivity index (χ1) is 7.13. The number of nitrogens with zero attached hydrogens (tertiary/aromatic N) is 1. The fourth-order valence-electron chi connectivity index (χ4n) is 1.36. The van der Waals surface area contributed by atoms with Gasteiger partial charge in [0.2, 0.25) is 0 Å². The molecule has 0 aliphatic carbocycles. The Morgan fingerprint density at radius 3 is 2.73 bits per heavy atom. The average Bonchev–Trinajstić information content (AvgIpc) is 2.51. The maximum absolute atomic E-state index is 5.34. The summed E-state index contributed by atoms with van der Waals surface area (Å²) in [6.07, 6.45) is 0. The Bertz CT molecular complexity index is 299. The van der Waals surface area contributed by atoms with E-state index in [-0.39, 0.29) is 0 Å². The molecule has 1 unspecified atom stereocenters. The van der Waals surface area contributed by atoms with Gasteiger partial charge in [0.15, 0.2) is 0 Å². The molecule has 0 saturated carbocycles. The quantitative estimate of drug-likeness (QED) is 0.811. The third-order valence-electron chi connectivity index (χ3n) is 2.18. The van der Waals surface area contributed by atoms with Crippen molar-refractivity contribution in [3.8, 4) is 0 Å². The molecule has 0 bridgehead atoms. The van der Waals surface area contributed by atoms with Gasteiger partial charge in [-0.3, -0.25) is 0 Å². The van der Waals surface area contributed by atoms with Crippen LogP contribution in [0, 0.1) is 13.8 Å². The number of hydrogen-bond donors (Lipinski definition) is 1. The molecule has 0 saturated heterocycles. The number of ether oxygens (including phenoxy) is 1. The topological polar surface area (TPSA) is 34.1 Å². The molecule has 0 aliphatic heterocycles. The first kappa shape index (κ1) is 12.6. The van der Waals surface area contributed by atoms with E-state index in [9.17, 15) is 0 Å². The van der Waals surface area contributed by atoms with Crippen LogP contribution in [-0.2, 0) is 11.3 Å². The van der Waals surface area contributed by atoms with E-state index in [1.165, 1.54) is 4.88 Å². The van der Waals surface area contributed by atoms with Crippen LogP contribution in [0.3, 0.4) is 0 Å². The number of rotatable bonds is 6. The Morgan fingerprint density at radius 1 is 1.47 bits per heavy atom. The van der Waals surface area contributed by atoms with E-state index in [0.29, 0.717) is 6.04 Å². The van der Waals surface area contributed by atoms with Crippen molar-refractivity contribution in [1.82, 2.24) is 10.3 Å². The lowest BCUT2D eigenvalue weighted by molar-refractivity contribution is 0.127. The predicted octanol–water partition coefficient (Wildman–Crippen LogP) is 2.27. The number of nitrogens with one attached hydrogen (secondary N) is 1. The Morgan fingerprint density at radius 2 is 2.20 bits per heavy atom. The minimum absolute atomic E-state index is 0.395. The van der Waals surface area contributed by atoms with Crippen molar-refractivity contribution in [1.29, 1.82) is 0 Å². The van der Waals surface area contributed by atoms with Crippen LogP contribution in [0.2, 0.25) is 0 Å². The van der Waals surface area contributed by atoms with Crippen molar-refractivity contribution in [3.05, 3.63) is 15.6 Å². The summed E-state index contributed by atoms with van der Waals surface area (Å²) >= 11 is 1.77. The molecule has 1 aromatic rings. The fourth-order valence-corrected chi connectivity index (χ4v) is 2.25. The minimum atomic E-state index is 0.395. The van der Waals surface area contributed by atoms with E-state index >= 15 is 0 Å². The molecule has 86 valence electrons. The molecule has 0 aromatic carbocycles. The van der Waals surface area contributed by atoms with Gasteiger partial charge in [-0.15, -0.1) is 11.3 Å². The standard InChI is InChI=1S/C11H20N2OS/c1-5-14-7-8(2)12-6-11-9(3)13-10(4)15-11/h8,12H,5-7H2,1-4H3. The van der Waals surface area contributed by atoms with E-state index in [1.54, 1.807) is 11.3 Å². The molecule has 15 heavy (non-hydrogen) atoms. The molecule has 4 heteroatoms. The largest absolute Gasteiger partial charge is 0.380 e. The highest BCUT2D eigenvalue weighted by Crippen LogP contribution is 2.16. The third kappa shape index (κ3) is 4.28. The molecule has 0 radical (unpaired) electrons. The Labute approximate surface area is 95.9 Å². The molecule has 1 N–H and O–H groups in total. The zero-order chi connectivity index (χ0) is 11.3. The van der Waals surface area contributed by atoms with Crippen LogP contribution in [0.5, 0.6) is 0 Å². The fraction of sp³-hybridized carbons (Fsp3) is 0.727. The summed E-state index contributed by atoms with van der Waals surface area (Å²) in [6.45, 7) is 10.7. The Hall–Kier alpha value is -0.450. The van der Waals surface area contributed by atoms with Crippen LogP contribution < -0.4 is 5.32 Å². The molecular formula is C11H20N2OS. The van der Waals surface area contributed by atoms with Crippen LogP contribution in [0.4, 0.5) is 0 Å². The molecule has 1 heterocycles. The summed E-state index contributed by atoms with van der Waals surface area (Å²) in [5, 5.41) is 4.57. The third-order valence-corrected chi connectivity index (χ3v) is 3.26. The van der Waals surface area contributed by atoms with Crippen LogP contribution in [0.25, 0.3) is 0 Å². The highest BCUT2D eigenvalue weighted by atomic mass is 32.1. The van der Waals surface area contributed by atoms with Gasteiger partial charge in [-0.05, 0) is 27.7 Å². The van der Waals surface area contributed by atoms with Crippen LogP contribution in [0.15, 0.2) is 0 Å². The lowest BCUT2D eigenvalue weighted by Gasteiger charge is -2.12. The molecule has 1 atom stereocenters. The van der Waals surface area contributed by atoms with E-state index in [0.717, 1.165) is 30.5 Å². The maximum Gasteiger partial charge on any atom is 0.0900 e. The maximum atomic E-state index is 5.34. The van der Waals surface area contributed by atoms with Crippen molar-refractivity contribution < 1.29 is 4.74 Å². The summed E-state index contributed by atoms with van der Waals surface area (Å²) in [6, 6.07) is 0.395. The van der Waals surface area contributed by atoms with Gasteiger partial charge in [0, 0.05) is 24.1 Å². The lowest BCUT2D eigenvalue weighted by Crippen LogP contribution is -2.29. The molecular weight excluding hydrogens is 208 g/mol. The van der Waals surface area contributed by atoms with Crippen molar-refractivity contribution in [2.24, 2.45) is 0 Å². The molecule has 0 aliphatic rings. The molecule has 3 nitrogen and oxygen atoms in total. The van der Waals surface area contributed by atoms with Crippen molar-refractivity contribution in [3.63, 3.8) is 0 Å². The van der Waals surface area contributed by atoms with Gasteiger partial charge in [-0.1, -0.05) is 0 Å². The second-order valence-electron chi connectivity index (χ2n) is 3.68. The van der Waals surface area contributed by atoms with Gasteiger partial charge in [0.25, 0.3) is 0 Å². The van der Waals surface area contributed by atoms with E-state index in [1.807, 2.05) is 13.8 Å². The summed E-state index contributed by atoms with van der Waals surface area (Å²) in [7, 11) is 0. The van der Waals surface area contributed by atoms with Gasteiger partial charge < -0.3 is 10.1 Å². The number of thiazole rings is 1. The second kappa shape index (κ2) is 6.20. The predicted molar refractivity (Wildman–Crippen MR) is 64.4 cm³/mol. The monoisotopic (exact) mass is 228 g/mol. The average molecular weight is 228 g/mol. The van der Waals surface area contributed by atoms with E-state index < -0.39 is 0 Å². The Balaban J connectivity index is 2.33. The zero-order valence-electron chi connectivity index (χ0n) is 9.96. The molecule has 1 rings (SSSR count). The summed E-state index contributed by atoms with van der Waals surface area (Å²) in [4.78, 5) is 5.73. The Kier molecular flexibility index (Phi) is 5.22.